The second-order valence-corrected chi connectivity index (χ2v) is 5.63. The Labute approximate surface area is 108 Å². The third kappa shape index (κ3) is 2.83. The number of aliphatic hydroxyl groups excluding tert-OH is 1. The van der Waals surface area contributed by atoms with Gasteiger partial charge in [0.25, 0.3) is 0 Å². The first-order valence-corrected chi connectivity index (χ1v) is 6.73. The Bertz CT molecular complexity index is 413. The van der Waals surface area contributed by atoms with Crippen molar-refractivity contribution in [3.63, 3.8) is 0 Å². The summed E-state index contributed by atoms with van der Waals surface area (Å²) in [4.78, 5) is 2.26. The fraction of sp³-hybridized carbons (Fsp3) is 0.600. The zero-order chi connectivity index (χ0) is 13.3. The minimum absolute atomic E-state index is 0.308. The molecule has 100 valence electrons. The van der Waals surface area contributed by atoms with Crippen molar-refractivity contribution in [2.45, 2.75) is 45.8 Å². The van der Waals surface area contributed by atoms with Gasteiger partial charge in [0.05, 0.1) is 6.10 Å². The Kier molecular flexibility index (Phi) is 3.91. The van der Waals surface area contributed by atoms with Gasteiger partial charge in [0.2, 0.25) is 0 Å². The van der Waals surface area contributed by atoms with Gasteiger partial charge in [-0.3, -0.25) is 0 Å². The van der Waals surface area contributed by atoms with Crippen molar-refractivity contribution in [3.8, 4) is 0 Å². The van der Waals surface area contributed by atoms with Gasteiger partial charge < -0.3 is 10.0 Å². The third-order valence-corrected chi connectivity index (χ3v) is 3.31. The fourth-order valence-electron chi connectivity index (χ4n) is 2.41. The predicted molar refractivity (Wildman–Crippen MR) is 72.2 cm³/mol. The maximum Gasteiger partial charge on any atom is 0.131 e. The molecule has 1 aliphatic carbocycles. The van der Waals surface area contributed by atoms with Gasteiger partial charge in [0.15, 0.2) is 0 Å². The molecule has 0 heterocycles. The molecular formula is C15H22FNO. The lowest BCUT2D eigenvalue weighted by Crippen LogP contribution is -2.31. The van der Waals surface area contributed by atoms with Crippen molar-refractivity contribution in [1.29, 1.82) is 0 Å². The highest BCUT2D eigenvalue weighted by molar-refractivity contribution is 5.56. The largest absolute Gasteiger partial charge is 0.389 e. The molecule has 0 unspecified atom stereocenters. The summed E-state index contributed by atoms with van der Waals surface area (Å²) < 4.78 is 13.9. The van der Waals surface area contributed by atoms with Crippen LogP contribution in [0.4, 0.5) is 10.1 Å². The monoisotopic (exact) mass is 251 g/mol. The van der Waals surface area contributed by atoms with Crippen LogP contribution < -0.4 is 4.90 Å². The normalized spacial score (nSPS) is 17.0. The van der Waals surface area contributed by atoms with E-state index in [1.165, 1.54) is 18.9 Å². The molecule has 0 bridgehead atoms. The summed E-state index contributed by atoms with van der Waals surface area (Å²) in [7, 11) is 0. The smallest absolute Gasteiger partial charge is 0.131 e. The zero-order valence-corrected chi connectivity index (χ0v) is 11.4. The molecule has 1 aromatic rings. The minimum Gasteiger partial charge on any atom is -0.389 e. The molecule has 2 nitrogen and oxygen atoms in total. The lowest BCUT2D eigenvalue weighted by Gasteiger charge is -2.29. The van der Waals surface area contributed by atoms with Crippen LogP contribution in [0.3, 0.4) is 0 Å². The van der Waals surface area contributed by atoms with Crippen molar-refractivity contribution in [1.82, 2.24) is 0 Å². The van der Waals surface area contributed by atoms with Crippen LogP contribution in [0.2, 0.25) is 0 Å². The Morgan fingerprint density at radius 1 is 1.33 bits per heavy atom. The molecule has 0 aromatic heterocycles. The van der Waals surface area contributed by atoms with Crippen molar-refractivity contribution < 1.29 is 9.50 Å². The van der Waals surface area contributed by atoms with Gasteiger partial charge >= 0.3 is 0 Å². The summed E-state index contributed by atoms with van der Waals surface area (Å²) in [6.45, 7) is 6.86. The average Bonchev–Trinajstić information content (AvgIpc) is 3.08. The summed E-state index contributed by atoms with van der Waals surface area (Å²) >= 11 is 0. The van der Waals surface area contributed by atoms with Crippen molar-refractivity contribution >= 4 is 5.69 Å². The average molecular weight is 251 g/mol. The SMILES string of the molecule is CC(C)CN(c1cccc(F)c1[C@H](C)O)C1CC1. The first-order chi connectivity index (χ1) is 8.50. The number of benzene rings is 1. The van der Waals surface area contributed by atoms with Crippen molar-refractivity contribution in [2.24, 2.45) is 5.92 Å². The van der Waals surface area contributed by atoms with Crippen LogP contribution >= 0.6 is 0 Å². The van der Waals surface area contributed by atoms with Crippen LogP contribution in [0.15, 0.2) is 18.2 Å². The Hall–Kier alpha value is -1.09. The van der Waals surface area contributed by atoms with Crippen LogP contribution in [0.1, 0.15) is 45.3 Å². The van der Waals surface area contributed by atoms with Crippen LogP contribution in [0.5, 0.6) is 0 Å². The number of rotatable bonds is 5. The number of nitrogens with zero attached hydrogens (tertiary/aromatic N) is 1. The third-order valence-electron chi connectivity index (χ3n) is 3.31. The van der Waals surface area contributed by atoms with Crippen LogP contribution in [-0.4, -0.2) is 17.7 Å². The van der Waals surface area contributed by atoms with Gasteiger partial charge in [-0.2, -0.15) is 0 Å². The van der Waals surface area contributed by atoms with Gasteiger partial charge in [0.1, 0.15) is 5.82 Å². The molecule has 1 fully saturated rings. The summed E-state index contributed by atoms with van der Waals surface area (Å²) in [5, 5.41) is 9.80. The molecular weight excluding hydrogens is 229 g/mol. The molecule has 1 N–H and O–H groups in total. The van der Waals surface area contributed by atoms with Crippen molar-refractivity contribution in [3.05, 3.63) is 29.6 Å². The molecule has 1 atom stereocenters. The van der Waals surface area contributed by atoms with E-state index in [-0.39, 0.29) is 5.82 Å². The molecule has 0 spiro atoms. The van der Waals surface area contributed by atoms with Gasteiger partial charge in [-0.15, -0.1) is 0 Å². The van der Waals surface area contributed by atoms with E-state index in [1.807, 2.05) is 6.07 Å². The van der Waals surface area contributed by atoms with E-state index in [4.69, 9.17) is 0 Å². The lowest BCUT2D eigenvalue weighted by molar-refractivity contribution is 0.194. The Balaban J connectivity index is 2.37. The van der Waals surface area contributed by atoms with E-state index >= 15 is 0 Å². The summed E-state index contributed by atoms with van der Waals surface area (Å²) in [5.74, 6) is 0.215. The first kappa shape index (κ1) is 13.3. The molecule has 18 heavy (non-hydrogen) atoms. The molecule has 2 rings (SSSR count). The molecule has 3 heteroatoms. The van der Waals surface area contributed by atoms with E-state index in [0.29, 0.717) is 17.5 Å². The van der Waals surface area contributed by atoms with Gasteiger partial charge in [-0.1, -0.05) is 19.9 Å². The van der Waals surface area contributed by atoms with Crippen LogP contribution in [0, 0.1) is 11.7 Å². The summed E-state index contributed by atoms with van der Waals surface area (Å²) in [5.41, 5.74) is 1.30. The number of anilines is 1. The lowest BCUT2D eigenvalue weighted by atomic mass is 10.0. The zero-order valence-electron chi connectivity index (χ0n) is 11.4. The van der Waals surface area contributed by atoms with Gasteiger partial charge in [0, 0.05) is 23.8 Å². The number of hydrogen-bond donors (Lipinski definition) is 1. The minimum atomic E-state index is -0.769. The molecule has 1 aromatic carbocycles. The highest BCUT2D eigenvalue weighted by atomic mass is 19.1. The van der Waals surface area contributed by atoms with E-state index in [1.54, 1.807) is 13.0 Å². The molecule has 0 aliphatic heterocycles. The quantitative estimate of drug-likeness (QED) is 0.865. The van der Waals surface area contributed by atoms with E-state index < -0.39 is 6.10 Å². The summed E-state index contributed by atoms with van der Waals surface area (Å²) in [6, 6.07) is 5.59. The first-order valence-electron chi connectivity index (χ1n) is 6.73. The highest BCUT2D eigenvalue weighted by Gasteiger charge is 2.32. The maximum absolute atomic E-state index is 13.9. The maximum atomic E-state index is 13.9. The van der Waals surface area contributed by atoms with Crippen molar-refractivity contribution in [2.75, 3.05) is 11.4 Å². The van der Waals surface area contributed by atoms with E-state index in [9.17, 15) is 9.50 Å². The molecule has 0 radical (unpaired) electrons. The fourth-order valence-corrected chi connectivity index (χ4v) is 2.41. The molecule has 0 amide bonds. The second kappa shape index (κ2) is 5.27. The number of hydrogen-bond acceptors (Lipinski definition) is 2. The molecule has 1 aliphatic rings. The van der Waals surface area contributed by atoms with E-state index in [0.717, 1.165) is 12.2 Å². The number of aliphatic hydroxyl groups is 1. The highest BCUT2D eigenvalue weighted by Crippen LogP contribution is 2.37. The predicted octanol–water partition coefficient (Wildman–Crippen LogP) is 3.50. The second-order valence-electron chi connectivity index (χ2n) is 5.63. The Morgan fingerprint density at radius 2 is 2.00 bits per heavy atom. The van der Waals surface area contributed by atoms with Crippen LogP contribution in [0.25, 0.3) is 0 Å². The standard InChI is InChI=1S/C15H22FNO/c1-10(2)9-17(12-7-8-12)14-6-4-5-13(16)15(14)11(3)18/h4-6,10-12,18H,7-9H2,1-3H3/t11-/m0/s1. The molecule has 1 saturated carbocycles. The topological polar surface area (TPSA) is 23.5 Å². The van der Waals surface area contributed by atoms with Gasteiger partial charge in [-0.25, -0.2) is 4.39 Å². The van der Waals surface area contributed by atoms with E-state index in [2.05, 4.69) is 18.7 Å². The summed E-state index contributed by atoms with van der Waals surface area (Å²) in [6.07, 6.45) is 1.57. The van der Waals surface area contributed by atoms with Gasteiger partial charge in [-0.05, 0) is 37.8 Å². The van der Waals surface area contributed by atoms with Crippen LogP contribution in [-0.2, 0) is 0 Å². The number of halogens is 1. The Morgan fingerprint density at radius 3 is 2.50 bits per heavy atom. The molecule has 0 saturated heterocycles.